The van der Waals surface area contributed by atoms with Crippen molar-refractivity contribution < 1.29 is 0 Å². The number of hydrogen-bond donors (Lipinski definition) is 2. The fourth-order valence-corrected chi connectivity index (χ4v) is 1.91. The Morgan fingerprint density at radius 2 is 2.00 bits per heavy atom. The molecule has 1 aromatic heterocycles. The van der Waals surface area contributed by atoms with E-state index in [9.17, 15) is 0 Å². The van der Waals surface area contributed by atoms with E-state index in [1.165, 1.54) is 5.56 Å². The summed E-state index contributed by atoms with van der Waals surface area (Å²) in [5, 5.41) is 3.37. The largest absolute Gasteiger partial charge is 0.341 e. The number of H-pyrrole nitrogens is 1. The number of aromatic amines is 1. The lowest BCUT2D eigenvalue weighted by Gasteiger charge is -2.18. The molecule has 0 spiro atoms. The standard InChI is InChI=1S/C15H23N3/c1-10(2)16-9-14-17-12-7-6-11(15(3,4)5)8-13(12)18-14/h6-8,10,16H,9H2,1-5H3,(H,17,18). The maximum atomic E-state index is 4.59. The van der Waals surface area contributed by atoms with Gasteiger partial charge < -0.3 is 10.3 Å². The molecule has 3 nitrogen and oxygen atoms in total. The molecule has 0 radical (unpaired) electrons. The zero-order valence-corrected chi connectivity index (χ0v) is 12.0. The highest BCUT2D eigenvalue weighted by Crippen LogP contribution is 2.25. The fraction of sp³-hybridized carbons (Fsp3) is 0.533. The van der Waals surface area contributed by atoms with Crippen molar-refractivity contribution in [3.05, 3.63) is 29.6 Å². The zero-order chi connectivity index (χ0) is 13.3. The lowest BCUT2D eigenvalue weighted by Crippen LogP contribution is -2.22. The van der Waals surface area contributed by atoms with Gasteiger partial charge in [0, 0.05) is 6.04 Å². The van der Waals surface area contributed by atoms with Crippen molar-refractivity contribution in [1.82, 2.24) is 15.3 Å². The van der Waals surface area contributed by atoms with Gasteiger partial charge in [-0.05, 0) is 23.1 Å². The number of hydrogen-bond acceptors (Lipinski definition) is 2. The molecule has 2 aromatic rings. The van der Waals surface area contributed by atoms with Gasteiger partial charge in [0.05, 0.1) is 17.6 Å². The van der Waals surface area contributed by atoms with Gasteiger partial charge in [0.2, 0.25) is 0 Å². The van der Waals surface area contributed by atoms with E-state index in [1.807, 2.05) is 0 Å². The third kappa shape index (κ3) is 2.91. The van der Waals surface area contributed by atoms with Gasteiger partial charge in [0.1, 0.15) is 5.82 Å². The topological polar surface area (TPSA) is 40.7 Å². The first kappa shape index (κ1) is 13.1. The Hall–Kier alpha value is -1.35. The summed E-state index contributed by atoms with van der Waals surface area (Å²) in [5.41, 5.74) is 3.68. The van der Waals surface area contributed by atoms with Gasteiger partial charge in [-0.15, -0.1) is 0 Å². The maximum Gasteiger partial charge on any atom is 0.121 e. The Morgan fingerprint density at radius 3 is 2.61 bits per heavy atom. The molecule has 2 rings (SSSR count). The highest BCUT2D eigenvalue weighted by atomic mass is 15.0. The Bertz CT molecular complexity index is 532. The summed E-state index contributed by atoms with van der Waals surface area (Å²) in [7, 11) is 0. The second-order valence-corrected chi connectivity index (χ2v) is 6.20. The van der Waals surface area contributed by atoms with E-state index in [4.69, 9.17) is 0 Å². The molecule has 1 aromatic carbocycles. The van der Waals surface area contributed by atoms with Crippen molar-refractivity contribution in [2.75, 3.05) is 0 Å². The molecule has 18 heavy (non-hydrogen) atoms. The van der Waals surface area contributed by atoms with Crippen LogP contribution in [0.1, 0.15) is 46.0 Å². The molecule has 0 atom stereocenters. The second-order valence-electron chi connectivity index (χ2n) is 6.20. The van der Waals surface area contributed by atoms with Gasteiger partial charge in [0.25, 0.3) is 0 Å². The summed E-state index contributed by atoms with van der Waals surface area (Å²) >= 11 is 0. The average molecular weight is 245 g/mol. The third-order valence-corrected chi connectivity index (χ3v) is 3.07. The molecule has 0 saturated heterocycles. The van der Waals surface area contributed by atoms with E-state index in [2.05, 4.69) is 68.1 Å². The van der Waals surface area contributed by atoms with Crippen LogP contribution in [0.25, 0.3) is 11.0 Å². The molecule has 0 aliphatic heterocycles. The third-order valence-electron chi connectivity index (χ3n) is 3.07. The predicted octanol–water partition coefficient (Wildman–Crippen LogP) is 3.36. The van der Waals surface area contributed by atoms with E-state index in [1.54, 1.807) is 0 Å². The molecule has 0 unspecified atom stereocenters. The summed E-state index contributed by atoms with van der Waals surface area (Å²) < 4.78 is 0. The highest BCUT2D eigenvalue weighted by Gasteiger charge is 2.14. The van der Waals surface area contributed by atoms with E-state index in [-0.39, 0.29) is 5.41 Å². The minimum atomic E-state index is 0.176. The van der Waals surface area contributed by atoms with Crippen LogP contribution in [0.2, 0.25) is 0 Å². The zero-order valence-electron chi connectivity index (χ0n) is 12.0. The van der Waals surface area contributed by atoms with Gasteiger partial charge in [-0.2, -0.15) is 0 Å². The number of fused-ring (bicyclic) bond motifs is 1. The van der Waals surface area contributed by atoms with Crippen LogP contribution in [0.4, 0.5) is 0 Å². The van der Waals surface area contributed by atoms with Crippen LogP contribution in [-0.2, 0) is 12.0 Å². The lowest BCUT2D eigenvalue weighted by atomic mass is 9.87. The molecule has 2 N–H and O–H groups in total. The quantitative estimate of drug-likeness (QED) is 0.870. The summed E-state index contributed by atoms with van der Waals surface area (Å²) in [4.78, 5) is 7.98. The predicted molar refractivity (Wildman–Crippen MR) is 76.8 cm³/mol. The molecule has 0 saturated carbocycles. The van der Waals surface area contributed by atoms with Crippen LogP contribution in [0.15, 0.2) is 18.2 Å². The first-order chi connectivity index (χ1) is 8.36. The molecular weight excluding hydrogens is 222 g/mol. The highest BCUT2D eigenvalue weighted by molar-refractivity contribution is 5.76. The van der Waals surface area contributed by atoms with Gasteiger partial charge in [0.15, 0.2) is 0 Å². The van der Waals surface area contributed by atoms with Crippen LogP contribution in [0.5, 0.6) is 0 Å². The maximum absolute atomic E-state index is 4.59. The van der Waals surface area contributed by atoms with Gasteiger partial charge in [-0.3, -0.25) is 0 Å². The van der Waals surface area contributed by atoms with Crippen LogP contribution in [0.3, 0.4) is 0 Å². The van der Waals surface area contributed by atoms with E-state index >= 15 is 0 Å². The van der Waals surface area contributed by atoms with Crippen molar-refractivity contribution in [2.24, 2.45) is 0 Å². The van der Waals surface area contributed by atoms with Crippen molar-refractivity contribution >= 4 is 11.0 Å². The van der Waals surface area contributed by atoms with Crippen LogP contribution in [0, 0.1) is 0 Å². The SMILES string of the molecule is CC(C)NCc1nc2ccc(C(C)(C)C)cc2[nH]1. The monoisotopic (exact) mass is 245 g/mol. The van der Waals surface area contributed by atoms with Crippen molar-refractivity contribution in [3.8, 4) is 0 Å². The summed E-state index contributed by atoms with van der Waals surface area (Å²) in [6.07, 6.45) is 0. The normalized spacial score (nSPS) is 12.6. The summed E-state index contributed by atoms with van der Waals surface area (Å²) in [6.45, 7) is 11.8. The first-order valence-corrected chi connectivity index (χ1v) is 6.59. The Kier molecular flexibility index (Phi) is 3.44. The van der Waals surface area contributed by atoms with Crippen LogP contribution < -0.4 is 5.32 Å². The Labute approximate surface area is 109 Å². The fourth-order valence-electron chi connectivity index (χ4n) is 1.91. The van der Waals surface area contributed by atoms with Gasteiger partial charge >= 0.3 is 0 Å². The second kappa shape index (κ2) is 4.73. The lowest BCUT2D eigenvalue weighted by molar-refractivity contribution is 0.576. The minimum absolute atomic E-state index is 0.176. The molecule has 0 aliphatic carbocycles. The van der Waals surface area contributed by atoms with E-state index in [0.29, 0.717) is 6.04 Å². The number of nitrogens with zero attached hydrogens (tertiary/aromatic N) is 1. The van der Waals surface area contributed by atoms with E-state index in [0.717, 1.165) is 23.4 Å². The first-order valence-electron chi connectivity index (χ1n) is 6.59. The smallest absolute Gasteiger partial charge is 0.121 e. The molecular formula is C15H23N3. The van der Waals surface area contributed by atoms with E-state index < -0.39 is 0 Å². The van der Waals surface area contributed by atoms with Crippen molar-refractivity contribution in [2.45, 2.75) is 52.6 Å². The van der Waals surface area contributed by atoms with Gasteiger partial charge in [-0.25, -0.2) is 4.98 Å². The molecule has 98 valence electrons. The number of nitrogens with one attached hydrogen (secondary N) is 2. The molecule has 1 heterocycles. The van der Waals surface area contributed by atoms with Crippen LogP contribution >= 0.6 is 0 Å². The molecule has 0 bridgehead atoms. The number of aromatic nitrogens is 2. The number of imidazole rings is 1. The molecule has 3 heteroatoms. The van der Waals surface area contributed by atoms with Crippen LogP contribution in [-0.4, -0.2) is 16.0 Å². The molecule has 0 fully saturated rings. The van der Waals surface area contributed by atoms with Crippen molar-refractivity contribution in [1.29, 1.82) is 0 Å². The summed E-state index contributed by atoms with van der Waals surface area (Å²) in [6, 6.07) is 6.96. The minimum Gasteiger partial charge on any atom is -0.341 e. The van der Waals surface area contributed by atoms with Crippen molar-refractivity contribution in [3.63, 3.8) is 0 Å². The number of benzene rings is 1. The molecule has 0 aliphatic rings. The van der Waals surface area contributed by atoms with Gasteiger partial charge in [-0.1, -0.05) is 40.7 Å². The Balaban J connectivity index is 2.28. The number of rotatable bonds is 3. The summed E-state index contributed by atoms with van der Waals surface area (Å²) in [5.74, 6) is 1.00. The molecule has 0 amide bonds. The average Bonchev–Trinajstić information content (AvgIpc) is 2.66. The Morgan fingerprint density at radius 1 is 1.28 bits per heavy atom.